The fraction of sp³-hybridized carbons (Fsp3) is 0.655. The highest BCUT2D eigenvalue weighted by Crippen LogP contribution is 2.74. The zero-order chi connectivity index (χ0) is 26.0. The van der Waals surface area contributed by atoms with Gasteiger partial charge in [-0.15, -0.1) is 0 Å². The van der Waals surface area contributed by atoms with Crippen molar-refractivity contribution < 1.29 is 23.7 Å². The molecule has 3 heterocycles. The highest BCUT2D eigenvalue weighted by atomic mass is 19.2. The summed E-state index contributed by atoms with van der Waals surface area (Å²) in [5, 5.41) is 31.1. The Morgan fingerprint density at radius 1 is 1.08 bits per heavy atom. The molecule has 8 heteroatoms. The lowest BCUT2D eigenvalue weighted by Crippen LogP contribution is -2.78. The minimum atomic E-state index is -2.32. The molecule has 2 spiro atoms. The first-order valence-electron chi connectivity index (χ1n) is 13.5. The molecule has 1 aromatic heterocycles. The van der Waals surface area contributed by atoms with Gasteiger partial charge in [0.15, 0.2) is 5.67 Å². The first-order chi connectivity index (χ1) is 17.5. The quantitative estimate of drug-likeness (QED) is 0.635. The first kappa shape index (κ1) is 24.1. The zero-order valence-corrected chi connectivity index (χ0v) is 21.6. The fourth-order valence-electron chi connectivity index (χ4n) is 9.13. The third-order valence-electron chi connectivity index (χ3n) is 11.1. The maximum absolute atomic E-state index is 17.2. The first-order valence-corrected chi connectivity index (χ1v) is 13.5. The Morgan fingerprint density at radius 3 is 2.68 bits per heavy atom. The van der Waals surface area contributed by atoms with E-state index in [0.717, 1.165) is 16.5 Å². The molecule has 2 N–H and O–H groups in total. The lowest BCUT2D eigenvalue weighted by Gasteiger charge is -2.65. The monoisotopic (exact) mass is 511 g/mol. The van der Waals surface area contributed by atoms with Crippen LogP contribution in [0.5, 0.6) is 0 Å². The molecule has 37 heavy (non-hydrogen) atoms. The number of alkyl halides is 2. The van der Waals surface area contributed by atoms with Crippen molar-refractivity contribution in [1.29, 1.82) is 0 Å². The zero-order valence-electron chi connectivity index (χ0n) is 21.6. The highest BCUT2D eigenvalue weighted by molar-refractivity contribution is 5.84. The van der Waals surface area contributed by atoms with Gasteiger partial charge in [-0.2, -0.15) is 10.2 Å². The Morgan fingerprint density at radius 2 is 1.89 bits per heavy atom. The summed E-state index contributed by atoms with van der Waals surface area (Å²) in [6.07, 6.45) is 2.92. The second kappa shape index (κ2) is 7.34. The van der Waals surface area contributed by atoms with Crippen LogP contribution in [0.15, 0.2) is 36.5 Å². The van der Waals surface area contributed by atoms with Crippen LogP contribution < -0.4 is 0 Å². The molecule has 5 aliphatic rings. The molecule has 2 saturated carbocycles. The molecule has 3 aliphatic carbocycles. The maximum Gasteiger partial charge on any atom is 0.171 e. The van der Waals surface area contributed by atoms with E-state index in [-0.39, 0.29) is 24.2 Å². The summed E-state index contributed by atoms with van der Waals surface area (Å²) in [4.78, 5) is 1.82. The molecule has 0 amide bonds. The van der Waals surface area contributed by atoms with E-state index in [1.54, 1.807) is 6.20 Å². The number of hydrogen-bond donors (Lipinski definition) is 2. The van der Waals surface area contributed by atoms with Gasteiger partial charge in [0.25, 0.3) is 0 Å². The van der Waals surface area contributed by atoms with Crippen LogP contribution in [0, 0.1) is 11.3 Å². The topological polar surface area (TPSA) is 78.7 Å². The van der Waals surface area contributed by atoms with E-state index in [1.807, 2.05) is 31.1 Å². The van der Waals surface area contributed by atoms with Gasteiger partial charge in [0.2, 0.25) is 0 Å². The van der Waals surface area contributed by atoms with Crippen molar-refractivity contribution in [3.63, 3.8) is 0 Å². The van der Waals surface area contributed by atoms with Crippen LogP contribution in [-0.4, -0.2) is 80.2 Å². The Hall–Kier alpha value is -2.00. The number of aromatic nitrogens is 2. The molecule has 2 bridgehead atoms. The summed E-state index contributed by atoms with van der Waals surface area (Å²) in [6, 6.07) is 7.66. The van der Waals surface area contributed by atoms with E-state index in [4.69, 9.17) is 4.74 Å². The Labute approximate surface area is 215 Å². The van der Waals surface area contributed by atoms with Crippen molar-refractivity contribution in [2.24, 2.45) is 11.3 Å². The minimum absolute atomic E-state index is 0.134. The van der Waals surface area contributed by atoms with Crippen LogP contribution in [0.25, 0.3) is 16.5 Å². The molecule has 9 atom stereocenters. The van der Waals surface area contributed by atoms with Gasteiger partial charge in [-0.1, -0.05) is 19.1 Å². The van der Waals surface area contributed by atoms with Gasteiger partial charge in [0.1, 0.15) is 23.0 Å². The molecule has 0 radical (unpaired) electrons. The number of aliphatic hydroxyl groups is 2. The molecular formula is C29H35F2N3O3. The third kappa shape index (κ3) is 2.78. The largest absolute Gasteiger partial charge is 0.389 e. The van der Waals surface area contributed by atoms with Crippen molar-refractivity contribution in [3.8, 4) is 0 Å². The summed E-state index contributed by atoms with van der Waals surface area (Å²) < 4.78 is 40.9. The SMILES string of the molecule is CN(C)C1CC23CCC4(O2)C2CC=C(c5ccc6nnccc6c5)C2(C)CCC4(F)CC3(F)C(O)C1O. The van der Waals surface area contributed by atoms with Crippen molar-refractivity contribution in [2.45, 2.75) is 92.7 Å². The molecule has 9 unspecified atom stereocenters. The summed E-state index contributed by atoms with van der Waals surface area (Å²) in [6.45, 7) is 2.22. The van der Waals surface area contributed by atoms with Gasteiger partial charge < -0.3 is 19.8 Å². The smallest absolute Gasteiger partial charge is 0.171 e. The molecule has 6 nitrogen and oxygen atoms in total. The number of halogens is 2. The summed E-state index contributed by atoms with van der Waals surface area (Å²) in [5.74, 6) is -0.134. The van der Waals surface area contributed by atoms with Crippen LogP contribution in [0.3, 0.4) is 0 Å². The number of likely N-dealkylation sites (N-methyl/N-ethyl adjacent to an activating group) is 1. The Kier molecular flexibility index (Phi) is 4.78. The van der Waals surface area contributed by atoms with Crippen LogP contribution in [0.4, 0.5) is 8.78 Å². The second-order valence-electron chi connectivity index (χ2n) is 12.8. The predicted octanol–water partition coefficient (Wildman–Crippen LogP) is 4.00. The number of ether oxygens (including phenoxy) is 1. The number of aliphatic hydroxyl groups excluding tert-OH is 2. The molecule has 2 aromatic rings. The Bertz CT molecular complexity index is 1320. The summed E-state index contributed by atoms with van der Waals surface area (Å²) >= 11 is 0. The lowest BCUT2D eigenvalue weighted by atomic mass is 9.51. The average Bonchev–Trinajstić information content (AvgIpc) is 3.42. The van der Waals surface area contributed by atoms with E-state index < -0.39 is 47.2 Å². The standard InChI is InChI=1S/C29H35F2N3O3/c1-25-9-10-26(30)16-28(31)24(36)23(35)21(34(2)3)15-27(28)11-12-29(26,37-27)22(25)7-5-19(25)17-4-6-20-18(14-17)8-13-32-33-20/h4-6,8,13-14,21-24,35-36H,7,9-12,15-16H2,1-3H3. The third-order valence-corrected chi connectivity index (χ3v) is 11.1. The van der Waals surface area contributed by atoms with Gasteiger partial charge in [-0.05, 0) is 87.4 Å². The number of hydrogen-bond acceptors (Lipinski definition) is 6. The van der Waals surface area contributed by atoms with Gasteiger partial charge in [-0.25, -0.2) is 8.78 Å². The summed E-state index contributed by atoms with van der Waals surface area (Å²) in [5.41, 5.74) is -3.85. The van der Waals surface area contributed by atoms with Gasteiger partial charge in [0.05, 0.1) is 17.8 Å². The van der Waals surface area contributed by atoms with Crippen LogP contribution in [0.2, 0.25) is 0 Å². The lowest BCUT2D eigenvalue weighted by molar-refractivity contribution is -0.347. The molecule has 2 aliphatic heterocycles. The van der Waals surface area contributed by atoms with E-state index in [9.17, 15) is 10.2 Å². The van der Waals surface area contributed by atoms with Crippen molar-refractivity contribution in [1.82, 2.24) is 15.1 Å². The number of allylic oxidation sites excluding steroid dienone is 2. The molecule has 4 fully saturated rings. The van der Waals surface area contributed by atoms with E-state index in [2.05, 4.69) is 35.3 Å². The Balaban J connectivity index is 1.29. The maximum atomic E-state index is 17.2. The van der Waals surface area contributed by atoms with Crippen LogP contribution in [0.1, 0.15) is 57.4 Å². The van der Waals surface area contributed by atoms with E-state index >= 15 is 8.78 Å². The summed E-state index contributed by atoms with van der Waals surface area (Å²) in [7, 11) is 3.63. The number of benzene rings is 1. The predicted molar refractivity (Wildman–Crippen MR) is 135 cm³/mol. The normalized spacial score (nSPS) is 48.5. The molecule has 7 rings (SSSR count). The van der Waals surface area contributed by atoms with Crippen molar-refractivity contribution in [3.05, 3.63) is 42.1 Å². The van der Waals surface area contributed by atoms with Crippen LogP contribution >= 0.6 is 0 Å². The van der Waals surface area contributed by atoms with E-state index in [0.29, 0.717) is 25.7 Å². The van der Waals surface area contributed by atoms with E-state index in [1.165, 1.54) is 5.57 Å². The van der Waals surface area contributed by atoms with Gasteiger partial charge in [-0.3, -0.25) is 0 Å². The fourth-order valence-corrected chi connectivity index (χ4v) is 9.13. The van der Waals surface area contributed by atoms with Crippen molar-refractivity contribution >= 4 is 16.5 Å². The highest BCUT2D eigenvalue weighted by Gasteiger charge is 2.82. The molecule has 1 aromatic carbocycles. The molecule has 198 valence electrons. The number of nitrogens with zero attached hydrogens (tertiary/aromatic N) is 3. The number of rotatable bonds is 2. The van der Waals surface area contributed by atoms with Gasteiger partial charge >= 0.3 is 0 Å². The second-order valence-corrected chi connectivity index (χ2v) is 12.8. The minimum Gasteiger partial charge on any atom is -0.389 e. The molecule has 2 saturated heterocycles. The number of fused-ring (bicyclic) bond motifs is 2. The average molecular weight is 512 g/mol. The van der Waals surface area contributed by atoms with Crippen molar-refractivity contribution in [2.75, 3.05) is 14.1 Å². The van der Waals surface area contributed by atoms with Gasteiger partial charge in [0, 0.05) is 23.8 Å². The van der Waals surface area contributed by atoms with Crippen LogP contribution in [-0.2, 0) is 4.74 Å². The molecular weight excluding hydrogens is 476 g/mol.